The lowest BCUT2D eigenvalue weighted by Crippen LogP contribution is -2.41. The normalized spacial score (nSPS) is 11.8. The third-order valence-electron chi connectivity index (χ3n) is 2.71. The summed E-state index contributed by atoms with van der Waals surface area (Å²) in [7, 11) is 1.41. The summed E-state index contributed by atoms with van der Waals surface area (Å²) in [5.74, 6) is -0.610. The predicted molar refractivity (Wildman–Crippen MR) is 79.7 cm³/mol. The highest BCUT2D eigenvalue weighted by molar-refractivity contribution is 8.00. The van der Waals surface area contributed by atoms with E-state index in [9.17, 15) is 14.0 Å². The van der Waals surface area contributed by atoms with E-state index in [2.05, 4.69) is 25.8 Å². The number of halogens is 1. The van der Waals surface area contributed by atoms with E-state index in [4.69, 9.17) is 0 Å². The fraction of sp³-hybridized carbons (Fsp3) is 0.231. The highest BCUT2D eigenvalue weighted by Crippen LogP contribution is 2.24. The van der Waals surface area contributed by atoms with E-state index in [1.54, 1.807) is 25.1 Å². The van der Waals surface area contributed by atoms with Crippen molar-refractivity contribution in [3.63, 3.8) is 0 Å². The number of thioether (sulfide) groups is 1. The van der Waals surface area contributed by atoms with Gasteiger partial charge in [-0.2, -0.15) is 0 Å². The van der Waals surface area contributed by atoms with Crippen LogP contribution in [0, 0.1) is 5.82 Å². The molecule has 0 saturated carbocycles. The molecule has 116 valence electrons. The van der Waals surface area contributed by atoms with Crippen LogP contribution < -0.4 is 10.6 Å². The molecule has 1 aromatic carbocycles. The van der Waals surface area contributed by atoms with Crippen molar-refractivity contribution in [3.05, 3.63) is 30.1 Å². The molecular weight excluding hydrogens is 309 g/mol. The summed E-state index contributed by atoms with van der Waals surface area (Å²) in [4.78, 5) is 26.9. The summed E-state index contributed by atoms with van der Waals surface area (Å²) in [5, 5.41) is 10.7. The van der Waals surface area contributed by atoms with Crippen molar-refractivity contribution >= 4 is 23.7 Å². The molecule has 0 bridgehead atoms. The maximum Gasteiger partial charge on any atom is 0.321 e. The Morgan fingerprint density at radius 1 is 1.36 bits per heavy atom. The molecule has 0 aliphatic carbocycles. The van der Waals surface area contributed by atoms with Crippen molar-refractivity contribution in [1.82, 2.24) is 25.8 Å². The van der Waals surface area contributed by atoms with Crippen LogP contribution in [-0.4, -0.2) is 39.4 Å². The van der Waals surface area contributed by atoms with Crippen LogP contribution in [-0.2, 0) is 4.79 Å². The lowest BCUT2D eigenvalue weighted by molar-refractivity contribution is -0.119. The van der Waals surface area contributed by atoms with Gasteiger partial charge in [0, 0.05) is 7.05 Å². The first-order valence-electron chi connectivity index (χ1n) is 6.37. The van der Waals surface area contributed by atoms with Gasteiger partial charge in [-0.05, 0) is 19.1 Å². The minimum Gasteiger partial charge on any atom is -0.341 e. The molecule has 1 atom stereocenters. The van der Waals surface area contributed by atoms with Crippen LogP contribution in [0.1, 0.15) is 6.92 Å². The Kier molecular flexibility index (Phi) is 5.10. The number of rotatable bonds is 4. The maximum atomic E-state index is 13.7. The van der Waals surface area contributed by atoms with Crippen LogP contribution >= 0.6 is 11.8 Å². The van der Waals surface area contributed by atoms with Gasteiger partial charge in [0.15, 0.2) is 5.82 Å². The summed E-state index contributed by atoms with van der Waals surface area (Å²) in [6.45, 7) is 1.61. The molecule has 0 spiro atoms. The Morgan fingerprint density at radius 2 is 2.09 bits per heavy atom. The third-order valence-corrected chi connectivity index (χ3v) is 3.67. The molecule has 0 aliphatic heterocycles. The van der Waals surface area contributed by atoms with E-state index in [-0.39, 0.29) is 11.0 Å². The fourth-order valence-corrected chi connectivity index (χ4v) is 2.29. The second-order valence-electron chi connectivity index (χ2n) is 4.27. The number of carbonyl (C=O) groups is 2. The molecule has 22 heavy (non-hydrogen) atoms. The molecule has 1 heterocycles. The summed E-state index contributed by atoms with van der Waals surface area (Å²) >= 11 is 1.06. The van der Waals surface area contributed by atoms with Crippen molar-refractivity contribution in [2.75, 3.05) is 7.05 Å². The van der Waals surface area contributed by atoms with Crippen molar-refractivity contribution in [1.29, 1.82) is 0 Å². The Morgan fingerprint density at radius 3 is 2.77 bits per heavy atom. The topological polar surface area (TPSA) is 99.8 Å². The minimum absolute atomic E-state index is 0.277. The predicted octanol–water partition coefficient (Wildman–Crippen LogP) is 1.55. The number of imide groups is 1. The van der Waals surface area contributed by atoms with Gasteiger partial charge < -0.3 is 5.32 Å². The number of aromatic nitrogens is 3. The fourth-order valence-electron chi connectivity index (χ4n) is 1.56. The molecule has 0 saturated heterocycles. The average Bonchev–Trinajstić information content (AvgIpc) is 2.95. The molecule has 2 aromatic rings. The molecule has 0 fully saturated rings. The first kappa shape index (κ1) is 16.0. The SMILES string of the molecule is CNC(=O)NC(=O)C(C)Sc1n[nH]c(-c2ccccc2F)n1. The van der Waals surface area contributed by atoms with E-state index in [1.807, 2.05) is 0 Å². The lowest BCUT2D eigenvalue weighted by atomic mass is 10.2. The Balaban J connectivity index is 2.05. The maximum absolute atomic E-state index is 13.7. The molecule has 3 amide bonds. The zero-order chi connectivity index (χ0) is 16.1. The van der Waals surface area contributed by atoms with Crippen LogP contribution in [0.2, 0.25) is 0 Å². The molecule has 7 nitrogen and oxygen atoms in total. The second kappa shape index (κ2) is 7.03. The van der Waals surface area contributed by atoms with Gasteiger partial charge >= 0.3 is 6.03 Å². The third kappa shape index (κ3) is 3.82. The second-order valence-corrected chi connectivity index (χ2v) is 5.58. The van der Waals surface area contributed by atoms with E-state index in [0.717, 1.165) is 11.8 Å². The number of benzene rings is 1. The summed E-state index contributed by atoms with van der Waals surface area (Å²) < 4.78 is 13.7. The zero-order valence-electron chi connectivity index (χ0n) is 11.9. The van der Waals surface area contributed by atoms with Gasteiger partial charge in [0.25, 0.3) is 0 Å². The number of aromatic amines is 1. The van der Waals surface area contributed by atoms with E-state index in [0.29, 0.717) is 5.56 Å². The number of nitrogens with zero attached hydrogens (tertiary/aromatic N) is 2. The number of nitrogens with one attached hydrogen (secondary N) is 3. The van der Waals surface area contributed by atoms with Crippen LogP contribution in [0.25, 0.3) is 11.4 Å². The van der Waals surface area contributed by atoms with E-state index < -0.39 is 23.0 Å². The van der Waals surface area contributed by atoms with Crippen LogP contribution in [0.5, 0.6) is 0 Å². The summed E-state index contributed by atoms with van der Waals surface area (Å²) in [6, 6.07) is 5.58. The van der Waals surface area contributed by atoms with Gasteiger partial charge in [0.1, 0.15) is 5.82 Å². The van der Waals surface area contributed by atoms with Gasteiger partial charge in [0.2, 0.25) is 11.1 Å². The average molecular weight is 323 g/mol. The van der Waals surface area contributed by atoms with Crippen molar-refractivity contribution in [2.24, 2.45) is 0 Å². The van der Waals surface area contributed by atoms with Gasteiger partial charge in [-0.1, -0.05) is 23.9 Å². The van der Waals surface area contributed by atoms with Crippen molar-refractivity contribution < 1.29 is 14.0 Å². The van der Waals surface area contributed by atoms with Gasteiger partial charge in [-0.3, -0.25) is 15.2 Å². The number of H-pyrrole nitrogens is 1. The lowest BCUT2D eigenvalue weighted by Gasteiger charge is -2.08. The molecule has 1 unspecified atom stereocenters. The van der Waals surface area contributed by atoms with Gasteiger partial charge in [0.05, 0.1) is 10.8 Å². The Bertz CT molecular complexity index is 691. The van der Waals surface area contributed by atoms with Crippen LogP contribution in [0.4, 0.5) is 9.18 Å². The summed E-state index contributed by atoms with van der Waals surface area (Å²) in [5.41, 5.74) is 0.296. The Hall–Kier alpha value is -2.42. The molecular formula is C13H14FN5O2S. The first-order valence-corrected chi connectivity index (χ1v) is 7.25. The Labute approximate surface area is 130 Å². The monoisotopic (exact) mass is 323 g/mol. The number of hydrogen-bond donors (Lipinski definition) is 3. The number of hydrogen-bond acceptors (Lipinski definition) is 5. The zero-order valence-corrected chi connectivity index (χ0v) is 12.7. The minimum atomic E-state index is -0.584. The number of urea groups is 1. The standard InChI is InChI=1S/C13H14FN5O2S/c1-7(11(20)17-12(21)15-2)22-13-16-10(18-19-13)8-5-3-4-6-9(8)14/h3-7H,1-2H3,(H,16,18,19)(H2,15,17,20,21). The molecule has 0 aliphatic rings. The largest absolute Gasteiger partial charge is 0.341 e. The highest BCUT2D eigenvalue weighted by atomic mass is 32.2. The number of carbonyl (C=O) groups excluding carboxylic acids is 2. The van der Waals surface area contributed by atoms with Crippen LogP contribution in [0.15, 0.2) is 29.4 Å². The van der Waals surface area contributed by atoms with Gasteiger partial charge in [-0.15, -0.1) is 5.10 Å². The highest BCUT2D eigenvalue weighted by Gasteiger charge is 2.19. The molecule has 0 radical (unpaired) electrons. The number of amides is 3. The first-order chi connectivity index (χ1) is 10.5. The van der Waals surface area contributed by atoms with Crippen LogP contribution in [0.3, 0.4) is 0 Å². The van der Waals surface area contributed by atoms with Gasteiger partial charge in [-0.25, -0.2) is 14.2 Å². The van der Waals surface area contributed by atoms with Crippen molar-refractivity contribution in [2.45, 2.75) is 17.3 Å². The smallest absolute Gasteiger partial charge is 0.321 e. The molecule has 9 heteroatoms. The van der Waals surface area contributed by atoms with E-state index >= 15 is 0 Å². The molecule has 3 N–H and O–H groups in total. The molecule has 1 aromatic heterocycles. The van der Waals surface area contributed by atoms with Crippen molar-refractivity contribution in [3.8, 4) is 11.4 Å². The van der Waals surface area contributed by atoms with E-state index in [1.165, 1.54) is 13.1 Å². The summed E-state index contributed by atoms with van der Waals surface area (Å²) in [6.07, 6.45) is 0. The molecule has 2 rings (SSSR count). The quantitative estimate of drug-likeness (QED) is 0.741.